The molecule has 5 rings (SSSR count). The molecule has 1 amide bonds. The SMILES string of the molecule is O=C(O)c1c(NC(=O)c2nccc3ccccc23)sc2c1CC1CCC2O1. The number of carboxylic acids is 1. The minimum absolute atomic E-state index is 0.0526. The molecule has 2 bridgehead atoms. The number of fused-ring (bicyclic) bond motifs is 5. The highest BCUT2D eigenvalue weighted by Crippen LogP contribution is 2.48. The zero-order chi connectivity index (χ0) is 18.5. The van der Waals surface area contributed by atoms with Gasteiger partial charge in [0.2, 0.25) is 0 Å². The first-order chi connectivity index (χ1) is 13.1. The highest BCUT2D eigenvalue weighted by Gasteiger charge is 2.39. The van der Waals surface area contributed by atoms with Gasteiger partial charge in [-0.25, -0.2) is 4.79 Å². The number of nitrogens with zero attached hydrogens (tertiary/aromatic N) is 1. The first kappa shape index (κ1) is 16.4. The summed E-state index contributed by atoms with van der Waals surface area (Å²) in [7, 11) is 0. The zero-order valence-electron chi connectivity index (χ0n) is 14.3. The number of carboxylic acid groups (broad SMARTS) is 1. The number of hydrogen-bond acceptors (Lipinski definition) is 5. The van der Waals surface area contributed by atoms with E-state index in [-0.39, 0.29) is 23.5 Å². The van der Waals surface area contributed by atoms with Crippen molar-refractivity contribution in [2.24, 2.45) is 0 Å². The molecule has 1 saturated heterocycles. The molecule has 0 saturated carbocycles. The lowest BCUT2D eigenvalue weighted by atomic mass is 10.0. The first-order valence-corrected chi connectivity index (χ1v) is 9.63. The Labute approximate surface area is 158 Å². The summed E-state index contributed by atoms with van der Waals surface area (Å²) >= 11 is 1.31. The van der Waals surface area contributed by atoms with Gasteiger partial charge in [0.15, 0.2) is 0 Å². The van der Waals surface area contributed by atoms with Crippen molar-refractivity contribution in [1.82, 2.24) is 4.98 Å². The highest BCUT2D eigenvalue weighted by molar-refractivity contribution is 7.17. The number of rotatable bonds is 3. The van der Waals surface area contributed by atoms with Crippen LogP contribution in [-0.4, -0.2) is 28.1 Å². The molecule has 1 fully saturated rings. The molecule has 136 valence electrons. The van der Waals surface area contributed by atoms with E-state index in [1.54, 1.807) is 6.20 Å². The second kappa shape index (κ2) is 6.14. The van der Waals surface area contributed by atoms with Crippen LogP contribution in [0.1, 0.15) is 50.2 Å². The van der Waals surface area contributed by atoms with Crippen molar-refractivity contribution in [3.05, 3.63) is 58.2 Å². The summed E-state index contributed by atoms with van der Waals surface area (Å²) in [4.78, 5) is 30.0. The van der Waals surface area contributed by atoms with Gasteiger partial charge in [-0.3, -0.25) is 9.78 Å². The Morgan fingerprint density at radius 2 is 2.07 bits per heavy atom. The van der Waals surface area contributed by atoms with Crippen LogP contribution in [0.5, 0.6) is 0 Å². The number of thiophene rings is 1. The normalized spacial score (nSPS) is 20.4. The van der Waals surface area contributed by atoms with Gasteiger partial charge in [-0.15, -0.1) is 11.3 Å². The lowest BCUT2D eigenvalue weighted by Crippen LogP contribution is -2.19. The number of aromatic nitrogens is 1. The quantitative estimate of drug-likeness (QED) is 0.716. The molecule has 1 aromatic carbocycles. The summed E-state index contributed by atoms with van der Waals surface area (Å²) in [6.45, 7) is 0. The third-order valence-corrected chi connectivity index (χ3v) is 6.44. The maximum Gasteiger partial charge on any atom is 0.339 e. The zero-order valence-corrected chi connectivity index (χ0v) is 15.1. The Balaban J connectivity index is 1.55. The van der Waals surface area contributed by atoms with Crippen LogP contribution in [0, 0.1) is 0 Å². The van der Waals surface area contributed by atoms with E-state index in [0.717, 1.165) is 34.1 Å². The molecule has 2 unspecified atom stereocenters. The van der Waals surface area contributed by atoms with E-state index in [2.05, 4.69) is 10.3 Å². The van der Waals surface area contributed by atoms with Gasteiger partial charge >= 0.3 is 5.97 Å². The van der Waals surface area contributed by atoms with E-state index < -0.39 is 11.9 Å². The van der Waals surface area contributed by atoms with Crippen molar-refractivity contribution < 1.29 is 19.4 Å². The predicted molar refractivity (Wildman–Crippen MR) is 102 cm³/mol. The van der Waals surface area contributed by atoms with Gasteiger partial charge in [0, 0.05) is 22.9 Å². The second-order valence-electron chi connectivity index (χ2n) is 6.82. The molecule has 2 aliphatic rings. The fraction of sp³-hybridized carbons (Fsp3) is 0.250. The van der Waals surface area contributed by atoms with Gasteiger partial charge in [-0.05, 0) is 29.9 Å². The van der Waals surface area contributed by atoms with Crippen LogP contribution >= 0.6 is 11.3 Å². The van der Waals surface area contributed by atoms with E-state index in [9.17, 15) is 14.7 Å². The summed E-state index contributed by atoms with van der Waals surface area (Å²) in [5.41, 5.74) is 1.30. The Kier molecular flexibility index (Phi) is 3.73. The molecule has 2 N–H and O–H groups in total. The van der Waals surface area contributed by atoms with Gasteiger partial charge in [0.25, 0.3) is 5.91 Å². The summed E-state index contributed by atoms with van der Waals surface area (Å²) < 4.78 is 5.91. The fourth-order valence-electron chi connectivity index (χ4n) is 4.00. The standard InChI is InChI=1S/C20H16N2O4S/c23-18(16-12-4-2-1-3-10(12)7-8-21-16)22-19-15(20(24)25)13-9-11-5-6-14(26-11)17(13)27-19/h1-4,7-8,11,14H,5-6,9H2,(H,22,23)(H,24,25). The minimum Gasteiger partial charge on any atom is -0.478 e. The van der Waals surface area contributed by atoms with Crippen LogP contribution < -0.4 is 5.32 Å². The smallest absolute Gasteiger partial charge is 0.339 e. The largest absolute Gasteiger partial charge is 0.478 e. The predicted octanol–water partition coefficient (Wildman–Crippen LogP) is 4.02. The lowest BCUT2D eigenvalue weighted by Gasteiger charge is -2.20. The third-order valence-electron chi connectivity index (χ3n) is 5.20. The van der Waals surface area contributed by atoms with Crippen molar-refractivity contribution in [3.63, 3.8) is 0 Å². The van der Waals surface area contributed by atoms with Crippen LogP contribution in [0.15, 0.2) is 36.5 Å². The Hall–Kier alpha value is -2.77. The van der Waals surface area contributed by atoms with Gasteiger partial charge in [0.05, 0.1) is 17.8 Å². The van der Waals surface area contributed by atoms with Gasteiger partial charge < -0.3 is 15.2 Å². The number of pyridine rings is 1. The molecule has 2 aliphatic heterocycles. The van der Waals surface area contributed by atoms with E-state index in [0.29, 0.717) is 11.4 Å². The maximum absolute atomic E-state index is 12.9. The molecule has 4 heterocycles. The van der Waals surface area contributed by atoms with Crippen LogP contribution in [0.25, 0.3) is 10.8 Å². The van der Waals surface area contributed by atoms with E-state index in [4.69, 9.17) is 4.74 Å². The first-order valence-electron chi connectivity index (χ1n) is 8.81. The number of hydrogen-bond donors (Lipinski definition) is 2. The van der Waals surface area contributed by atoms with E-state index in [1.165, 1.54) is 11.3 Å². The minimum atomic E-state index is -1.02. The van der Waals surface area contributed by atoms with E-state index in [1.807, 2.05) is 30.3 Å². The van der Waals surface area contributed by atoms with Gasteiger partial charge in [-0.2, -0.15) is 0 Å². The molecule has 0 spiro atoms. The second-order valence-corrected chi connectivity index (χ2v) is 7.87. The molecule has 27 heavy (non-hydrogen) atoms. The number of amides is 1. The molecule has 0 aliphatic carbocycles. The van der Waals surface area contributed by atoms with Crippen molar-refractivity contribution >= 4 is 39.0 Å². The third kappa shape index (κ3) is 2.62. The average molecular weight is 380 g/mol. The van der Waals surface area contributed by atoms with Crippen molar-refractivity contribution in [1.29, 1.82) is 0 Å². The molecule has 6 nitrogen and oxygen atoms in total. The topological polar surface area (TPSA) is 88.5 Å². The highest BCUT2D eigenvalue weighted by atomic mass is 32.1. The average Bonchev–Trinajstić information content (AvgIpc) is 3.23. The van der Waals surface area contributed by atoms with Crippen LogP contribution in [-0.2, 0) is 11.2 Å². The Bertz CT molecular complexity index is 1090. The van der Waals surface area contributed by atoms with Gasteiger partial charge in [-0.1, -0.05) is 24.3 Å². The Morgan fingerprint density at radius 1 is 1.22 bits per heavy atom. The molecular weight excluding hydrogens is 364 g/mol. The molecular formula is C20H16N2O4S. The van der Waals surface area contributed by atoms with Crippen molar-refractivity contribution in [2.45, 2.75) is 31.5 Å². The number of nitrogens with one attached hydrogen (secondary N) is 1. The van der Waals surface area contributed by atoms with E-state index >= 15 is 0 Å². The number of ether oxygens (including phenoxy) is 1. The summed E-state index contributed by atoms with van der Waals surface area (Å²) in [5, 5.41) is 14.6. The van der Waals surface area contributed by atoms with Crippen LogP contribution in [0.4, 0.5) is 5.00 Å². The summed E-state index contributed by atoms with van der Waals surface area (Å²) in [6, 6.07) is 9.33. The van der Waals surface area contributed by atoms with Crippen LogP contribution in [0.2, 0.25) is 0 Å². The number of carbonyl (C=O) groups excluding carboxylic acids is 1. The summed E-state index contributed by atoms with van der Waals surface area (Å²) in [6.07, 6.45) is 4.05. The van der Waals surface area contributed by atoms with Gasteiger partial charge in [0.1, 0.15) is 10.7 Å². The summed E-state index contributed by atoms with van der Waals surface area (Å²) in [5.74, 6) is -1.42. The number of aromatic carboxylic acids is 1. The van der Waals surface area contributed by atoms with Crippen LogP contribution in [0.3, 0.4) is 0 Å². The van der Waals surface area contributed by atoms with Crippen molar-refractivity contribution in [3.8, 4) is 0 Å². The maximum atomic E-state index is 12.9. The molecule has 2 aromatic heterocycles. The molecule has 7 heteroatoms. The molecule has 3 aromatic rings. The number of benzene rings is 1. The monoisotopic (exact) mass is 380 g/mol. The molecule has 0 radical (unpaired) electrons. The number of carbonyl (C=O) groups is 2. The Morgan fingerprint density at radius 3 is 2.93 bits per heavy atom. The molecule has 2 atom stereocenters. The number of anilines is 1. The van der Waals surface area contributed by atoms with Crippen molar-refractivity contribution in [2.75, 3.05) is 5.32 Å². The lowest BCUT2D eigenvalue weighted by molar-refractivity contribution is 0.0345. The fourth-order valence-corrected chi connectivity index (χ4v) is 5.29.